The second-order valence-electron chi connectivity index (χ2n) is 4.88. The van der Waals surface area contributed by atoms with Gasteiger partial charge in [0.1, 0.15) is 0 Å². The SMILES string of the molecule is Cc1cccc([N+](=O)[O-])c1-c1cnc(CNC(C)C)o1. The van der Waals surface area contributed by atoms with Crippen LogP contribution < -0.4 is 5.32 Å². The van der Waals surface area contributed by atoms with Crippen LogP contribution in [0.5, 0.6) is 0 Å². The Morgan fingerprint density at radius 1 is 1.45 bits per heavy atom. The number of nitro groups is 1. The van der Waals surface area contributed by atoms with Crippen molar-refractivity contribution in [2.45, 2.75) is 33.4 Å². The molecule has 0 fully saturated rings. The van der Waals surface area contributed by atoms with Crippen LogP contribution in [0.1, 0.15) is 25.3 Å². The second-order valence-corrected chi connectivity index (χ2v) is 4.88. The summed E-state index contributed by atoms with van der Waals surface area (Å²) < 4.78 is 5.61. The van der Waals surface area contributed by atoms with E-state index in [4.69, 9.17) is 4.42 Å². The van der Waals surface area contributed by atoms with Crippen LogP contribution in [0.15, 0.2) is 28.8 Å². The lowest BCUT2D eigenvalue weighted by molar-refractivity contribution is -0.384. The van der Waals surface area contributed by atoms with Crippen LogP contribution in [0.25, 0.3) is 11.3 Å². The molecule has 0 aliphatic rings. The van der Waals surface area contributed by atoms with E-state index in [0.29, 0.717) is 29.8 Å². The number of aromatic nitrogens is 1. The standard InChI is InChI=1S/C14H17N3O3/c1-9(2)15-8-13-16-7-12(20-13)14-10(3)5-4-6-11(14)17(18)19/h4-7,9,15H,8H2,1-3H3. The molecule has 0 bridgehead atoms. The number of oxazole rings is 1. The maximum absolute atomic E-state index is 11.1. The molecule has 0 aliphatic heterocycles. The summed E-state index contributed by atoms with van der Waals surface area (Å²) >= 11 is 0. The predicted molar refractivity (Wildman–Crippen MR) is 75.3 cm³/mol. The monoisotopic (exact) mass is 275 g/mol. The summed E-state index contributed by atoms with van der Waals surface area (Å²) in [5, 5.41) is 14.3. The third kappa shape index (κ3) is 3.03. The number of rotatable bonds is 5. The van der Waals surface area contributed by atoms with Crippen LogP contribution in [0.4, 0.5) is 5.69 Å². The van der Waals surface area contributed by atoms with Gasteiger partial charge in [-0.1, -0.05) is 26.0 Å². The Morgan fingerprint density at radius 3 is 2.85 bits per heavy atom. The molecule has 0 saturated carbocycles. The van der Waals surface area contributed by atoms with Crippen molar-refractivity contribution in [2.75, 3.05) is 0 Å². The number of nitrogens with zero attached hydrogens (tertiary/aromatic N) is 2. The van der Waals surface area contributed by atoms with Gasteiger partial charge in [-0.3, -0.25) is 10.1 Å². The van der Waals surface area contributed by atoms with Gasteiger partial charge in [-0.25, -0.2) is 4.98 Å². The summed E-state index contributed by atoms with van der Waals surface area (Å²) in [4.78, 5) is 14.8. The smallest absolute Gasteiger partial charge is 0.280 e. The van der Waals surface area contributed by atoms with Crippen molar-refractivity contribution in [3.8, 4) is 11.3 Å². The van der Waals surface area contributed by atoms with Gasteiger partial charge >= 0.3 is 0 Å². The second kappa shape index (κ2) is 5.83. The summed E-state index contributed by atoms with van der Waals surface area (Å²) in [6.45, 7) is 6.36. The zero-order valence-electron chi connectivity index (χ0n) is 11.7. The van der Waals surface area contributed by atoms with Gasteiger partial charge in [0.05, 0.1) is 23.2 Å². The highest BCUT2D eigenvalue weighted by atomic mass is 16.6. The molecule has 1 aromatic carbocycles. The minimum atomic E-state index is -0.406. The Bertz CT molecular complexity index is 620. The Balaban J connectivity index is 2.35. The minimum absolute atomic E-state index is 0.0320. The van der Waals surface area contributed by atoms with E-state index < -0.39 is 4.92 Å². The first-order valence-electron chi connectivity index (χ1n) is 6.41. The Hall–Kier alpha value is -2.21. The molecule has 20 heavy (non-hydrogen) atoms. The summed E-state index contributed by atoms with van der Waals surface area (Å²) in [5.74, 6) is 0.946. The van der Waals surface area contributed by atoms with Gasteiger partial charge in [0.25, 0.3) is 5.69 Å². The molecule has 0 radical (unpaired) electrons. The van der Waals surface area contributed by atoms with Crippen molar-refractivity contribution >= 4 is 5.69 Å². The number of hydrogen-bond donors (Lipinski definition) is 1. The van der Waals surface area contributed by atoms with E-state index in [9.17, 15) is 10.1 Å². The van der Waals surface area contributed by atoms with E-state index >= 15 is 0 Å². The molecule has 0 atom stereocenters. The zero-order valence-corrected chi connectivity index (χ0v) is 11.7. The fourth-order valence-electron chi connectivity index (χ4n) is 1.92. The molecule has 0 saturated heterocycles. The van der Waals surface area contributed by atoms with E-state index in [1.807, 2.05) is 26.8 Å². The van der Waals surface area contributed by atoms with E-state index in [1.54, 1.807) is 6.07 Å². The molecule has 2 aromatic rings. The van der Waals surface area contributed by atoms with Gasteiger partial charge < -0.3 is 9.73 Å². The van der Waals surface area contributed by atoms with Crippen molar-refractivity contribution in [1.82, 2.24) is 10.3 Å². The van der Waals surface area contributed by atoms with Gasteiger partial charge in [-0.05, 0) is 12.5 Å². The highest BCUT2D eigenvalue weighted by Gasteiger charge is 2.20. The van der Waals surface area contributed by atoms with Crippen molar-refractivity contribution in [1.29, 1.82) is 0 Å². The summed E-state index contributed by atoms with van der Waals surface area (Å²) in [5.41, 5.74) is 1.31. The molecular formula is C14H17N3O3. The van der Waals surface area contributed by atoms with E-state index in [2.05, 4.69) is 10.3 Å². The van der Waals surface area contributed by atoms with Crippen LogP contribution in [0.2, 0.25) is 0 Å². The fraction of sp³-hybridized carbons (Fsp3) is 0.357. The van der Waals surface area contributed by atoms with Gasteiger partial charge in [-0.15, -0.1) is 0 Å². The van der Waals surface area contributed by atoms with Crippen LogP contribution in [-0.2, 0) is 6.54 Å². The molecule has 1 aromatic heterocycles. The van der Waals surface area contributed by atoms with Gasteiger partial charge in [0.2, 0.25) is 5.89 Å². The lowest BCUT2D eigenvalue weighted by Gasteiger charge is -2.05. The normalized spacial score (nSPS) is 11.0. The van der Waals surface area contributed by atoms with Crippen LogP contribution >= 0.6 is 0 Å². The molecule has 6 heteroatoms. The third-order valence-electron chi connectivity index (χ3n) is 2.91. The number of nitro benzene ring substituents is 1. The van der Waals surface area contributed by atoms with E-state index in [0.717, 1.165) is 5.56 Å². The highest BCUT2D eigenvalue weighted by molar-refractivity contribution is 5.72. The third-order valence-corrected chi connectivity index (χ3v) is 2.91. The van der Waals surface area contributed by atoms with Gasteiger partial charge in [0, 0.05) is 12.1 Å². The average Bonchev–Trinajstić information content (AvgIpc) is 2.84. The number of nitrogens with one attached hydrogen (secondary N) is 1. The van der Waals surface area contributed by atoms with Crippen LogP contribution in [0, 0.1) is 17.0 Å². The van der Waals surface area contributed by atoms with Crippen LogP contribution in [-0.4, -0.2) is 15.9 Å². The Labute approximate surface area is 117 Å². The molecule has 1 N–H and O–H groups in total. The average molecular weight is 275 g/mol. The Morgan fingerprint density at radius 2 is 2.20 bits per heavy atom. The van der Waals surface area contributed by atoms with E-state index in [1.165, 1.54) is 12.3 Å². The summed E-state index contributed by atoms with van der Waals surface area (Å²) in [6, 6.07) is 5.26. The molecule has 0 aliphatic carbocycles. The van der Waals surface area contributed by atoms with Crippen molar-refractivity contribution in [2.24, 2.45) is 0 Å². The van der Waals surface area contributed by atoms with Crippen molar-refractivity contribution in [3.05, 3.63) is 46.0 Å². The molecule has 2 rings (SSSR count). The maximum atomic E-state index is 11.1. The molecule has 106 valence electrons. The fourth-order valence-corrected chi connectivity index (χ4v) is 1.92. The lowest BCUT2D eigenvalue weighted by atomic mass is 10.1. The molecular weight excluding hydrogens is 258 g/mol. The Kier molecular flexibility index (Phi) is 4.14. The van der Waals surface area contributed by atoms with E-state index in [-0.39, 0.29) is 5.69 Å². The number of aryl methyl sites for hydroxylation is 1. The number of hydrogen-bond acceptors (Lipinski definition) is 5. The maximum Gasteiger partial charge on any atom is 0.280 e. The summed E-state index contributed by atoms with van der Waals surface area (Å²) in [6.07, 6.45) is 1.53. The molecule has 6 nitrogen and oxygen atoms in total. The molecule has 0 unspecified atom stereocenters. The van der Waals surface area contributed by atoms with Crippen molar-refractivity contribution in [3.63, 3.8) is 0 Å². The first-order chi connectivity index (χ1) is 9.49. The minimum Gasteiger partial charge on any atom is -0.439 e. The summed E-state index contributed by atoms with van der Waals surface area (Å²) in [7, 11) is 0. The topological polar surface area (TPSA) is 81.2 Å². The molecule has 1 heterocycles. The largest absolute Gasteiger partial charge is 0.439 e. The van der Waals surface area contributed by atoms with Crippen LogP contribution in [0.3, 0.4) is 0 Å². The van der Waals surface area contributed by atoms with Gasteiger partial charge in [-0.2, -0.15) is 0 Å². The van der Waals surface area contributed by atoms with Gasteiger partial charge in [0.15, 0.2) is 5.76 Å². The lowest BCUT2D eigenvalue weighted by Crippen LogP contribution is -2.21. The number of benzene rings is 1. The molecule has 0 amide bonds. The first kappa shape index (κ1) is 14.2. The highest BCUT2D eigenvalue weighted by Crippen LogP contribution is 2.33. The van der Waals surface area contributed by atoms with Crippen molar-refractivity contribution < 1.29 is 9.34 Å². The predicted octanol–water partition coefficient (Wildman–Crippen LogP) is 3.06. The quantitative estimate of drug-likeness (QED) is 0.670. The molecule has 0 spiro atoms. The zero-order chi connectivity index (χ0) is 14.7. The first-order valence-corrected chi connectivity index (χ1v) is 6.41.